The predicted octanol–water partition coefficient (Wildman–Crippen LogP) is 0.969. The normalized spacial score (nSPS) is 15.9. The highest BCUT2D eigenvalue weighted by molar-refractivity contribution is 5.75. The maximum atomic E-state index is 9.87. The van der Waals surface area contributed by atoms with Gasteiger partial charge in [-0.15, -0.1) is 0 Å². The highest BCUT2D eigenvalue weighted by atomic mass is 16.5. The van der Waals surface area contributed by atoms with Crippen molar-refractivity contribution in [2.24, 2.45) is 4.99 Å². The Balaban J connectivity index is 1.64. The lowest BCUT2D eigenvalue weighted by atomic mass is 10.2. The van der Waals surface area contributed by atoms with Gasteiger partial charge in [0.2, 0.25) is 0 Å². The van der Waals surface area contributed by atoms with Crippen LogP contribution in [0.4, 0.5) is 0 Å². The molecule has 0 saturated heterocycles. The van der Waals surface area contributed by atoms with Crippen LogP contribution < -0.4 is 5.32 Å². The first-order valence-corrected chi connectivity index (χ1v) is 6.75. The highest BCUT2D eigenvalue weighted by Gasteiger charge is 2.12. The molecule has 1 atom stereocenters. The molecule has 0 spiro atoms. The molecule has 0 radical (unpaired) electrons. The molecule has 0 fully saturated rings. The summed E-state index contributed by atoms with van der Waals surface area (Å²) in [4.78, 5) is 6.01. The van der Waals surface area contributed by atoms with Crippen LogP contribution in [0.15, 0.2) is 47.6 Å². The van der Waals surface area contributed by atoms with Gasteiger partial charge in [0.1, 0.15) is 12.7 Å². The molecule has 0 aliphatic carbocycles. The molecule has 0 saturated carbocycles. The van der Waals surface area contributed by atoms with Crippen LogP contribution >= 0.6 is 0 Å². The summed E-state index contributed by atoms with van der Waals surface area (Å²) < 4.78 is 5.49. The fraction of sp³-hybridized carbons (Fsp3) is 0.400. The standard InChI is InChI=1S/C15H21N3O2/c1-18-9-5-8-17-15(18)20-12-14(19)11-16-10-13-6-3-2-4-7-13/h2-8,14,16,19H,9-12H2,1H3. The topological polar surface area (TPSA) is 57.1 Å². The van der Waals surface area contributed by atoms with Gasteiger partial charge < -0.3 is 20.1 Å². The van der Waals surface area contributed by atoms with Crippen molar-refractivity contribution < 1.29 is 9.84 Å². The second kappa shape index (κ2) is 7.67. The molecule has 5 nitrogen and oxygen atoms in total. The second-order valence-corrected chi connectivity index (χ2v) is 4.76. The van der Waals surface area contributed by atoms with Crippen LogP contribution in [-0.2, 0) is 11.3 Å². The summed E-state index contributed by atoms with van der Waals surface area (Å²) in [5.41, 5.74) is 1.20. The average Bonchev–Trinajstić information content (AvgIpc) is 2.47. The maximum absolute atomic E-state index is 9.87. The lowest BCUT2D eigenvalue weighted by Gasteiger charge is -2.22. The third-order valence-corrected chi connectivity index (χ3v) is 2.95. The first-order chi connectivity index (χ1) is 9.75. The molecule has 20 heavy (non-hydrogen) atoms. The fourth-order valence-electron chi connectivity index (χ4n) is 1.85. The van der Waals surface area contributed by atoms with Gasteiger partial charge in [-0.1, -0.05) is 30.3 Å². The molecule has 5 heteroatoms. The van der Waals surface area contributed by atoms with Gasteiger partial charge in [0, 0.05) is 32.9 Å². The van der Waals surface area contributed by atoms with Crippen LogP contribution in [0.2, 0.25) is 0 Å². The lowest BCUT2D eigenvalue weighted by molar-refractivity contribution is 0.0905. The summed E-state index contributed by atoms with van der Waals surface area (Å²) in [6.45, 7) is 2.24. The maximum Gasteiger partial charge on any atom is 0.292 e. The number of hydrogen-bond donors (Lipinski definition) is 2. The first-order valence-electron chi connectivity index (χ1n) is 6.75. The number of ether oxygens (including phenoxy) is 1. The minimum atomic E-state index is -0.555. The van der Waals surface area contributed by atoms with E-state index in [2.05, 4.69) is 10.3 Å². The summed E-state index contributed by atoms with van der Waals surface area (Å²) >= 11 is 0. The van der Waals surface area contributed by atoms with Crippen molar-refractivity contribution in [3.63, 3.8) is 0 Å². The predicted molar refractivity (Wildman–Crippen MR) is 79.3 cm³/mol. The van der Waals surface area contributed by atoms with Gasteiger partial charge in [-0.2, -0.15) is 0 Å². The number of amidine groups is 1. The minimum absolute atomic E-state index is 0.235. The molecule has 1 aliphatic rings. The van der Waals surface area contributed by atoms with Crippen molar-refractivity contribution in [2.45, 2.75) is 12.6 Å². The third kappa shape index (κ3) is 4.68. The van der Waals surface area contributed by atoms with E-state index >= 15 is 0 Å². The Morgan fingerprint density at radius 2 is 2.20 bits per heavy atom. The van der Waals surface area contributed by atoms with E-state index in [1.807, 2.05) is 48.4 Å². The monoisotopic (exact) mass is 275 g/mol. The van der Waals surface area contributed by atoms with Crippen molar-refractivity contribution in [1.29, 1.82) is 0 Å². The van der Waals surface area contributed by atoms with E-state index in [1.54, 1.807) is 6.20 Å². The van der Waals surface area contributed by atoms with Gasteiger partial charge in [0.25, 0.3) is 6.02 Å². The molecule has 1 unspecified atom stereocenters. The van der Waals surface area contributed by atoms with Crippen molar-refractivity contribution in [3.05, 3.63) is 48.2 Å². The van der Waals surface area contributed by atoms with Gasteiger partial charge in [-0.25, -0.2) is 4.99 Å². The zero-order chi connectivity index (χ0) is 14.2. The van der Waals surface area contributed by atoms with Gasteiger partial charge in [-0.05, 0) is 11.6 Å². The quantitative estimate of drug-likeness (QED) is 0.812. The Bertz CT molecular complexity index is 459. The van der Waals surface area contributed by atoms with Crippen LogP contribution in [0, 0.1) is 0 Å². The van der Waals surface area contributed by atoms with E-state index in [-0.39, 0.29) is 6.61 Å². The molecule has 0 bridgehead atoms. The van der Waals surface area contributed by atoms with Gasteiger partial charge in [0.15, 0.2) is 0 Å². The molecule has 2 rings (SSSR count). The zero-order valence-electron chi connectivity index (χ0n) is 11.7. The van der Waals surface area contributed by atoms with E-state index in [0.717, 1.165) is 13.1 Å². The number of benzene rings is 1. The Labute approximate surface area is 119 Å². The number of aliphatic hydroxyl groups excluding tert-OH is 1. The van der Waals surface area contributed by atoms with Crippen molar-refractivity contribution in [2.75, 3.05) is 26.7 Å². The number of aliphatic hydroxyl groups is 1. The molecule has 108 valence electrons. The average molecular weight is 275 g/mol. The molecule has 1 aliphatic heterocycles. The fourth-order valence-corrected chi connectivity index (χ4v) is 1.85. The number of hydrogen-bond acceptors (Lipinski definition) is 5. The highest BCUT2D eigenvalue weighted by Crippen LogP contribution is 2.00. The summed E-state index contributed by atoms with van der Waals surface area (Å²) in [7, 11) is 1.91. The Kier molecular flexibility index (Phi) is 5.58. The Morgan fingerprint density at radius 3 is 2.95 bits per heavy atom. The summed E-state index contributed by atoms with van der Waals surface area (Å²) in [6.07, 6.45) is 3.11. The SMILES string of the molecule is CN1CC=CN=C1OCC(O)CNCc1ccccc1. The summed E-state index contributed by atoms with van der Waals surface area (Å²) in [5.74, 6) is 0. The molecule has 1 aromatic rings. The minimum Gasteiger partial charge on any atom is -0.462 e. The van der Waals surface area contributed by atoms with Crippen LogP contribution in [0.5, 0.6) is 0 Å². The summed E-state index contributed by atoms with van der Waals surface area (Å²) in [6, 6.07) is 10.6. The van der Waals surface area contributed by atoms with E-state index in [9.17, 15) is 5.11 Å². The van der Waals surface area contributed by atoms with Crippen LogP contribution in [-0.4, -0.2) is 48.9 Å². The van der Waals surface area contributed by atoms with Gasteiger partial charge >= 0.3 is 0 Å². The number of rotatable bonds is 6. The molecule has 0 amide bonds. The van der Waals surface area contributed by atoms with Crippen LogP contribution in [0.25, 0.3) is 0 Å². The van der Waals surface area contributed by atoms with Crippen molar-refractivity contribution in [1.82, 2.24) is 10.2 Å². The number of nitrogens with zero attached hydrogens (tertiary/aromatic N) is 2. The molecule has 1 heterocycles. The number of likely N-dealkylation sites (N-methyl/N-ethyl adjacent to an activating group) is 1. The third-order valence-electron chi connectivity index (χ3n) is 2.95. The Hall–Kier alpha value is -1.85. The number of aliphatic imine (C=N–C) groups is 1. The summed E-state index contributed by atoms with van der Waals surface area (Å²) in [5, 5.41) is 13.1. The molecular formula is C15H21N3O2. The van der Waals surface area contributed by atoms with Crippen LogP contribution in [0.3, 0.4) is 0 Å². The first kappa shape index (κ1) is 14.6. The molecular weight excluding hydrogens is 254 g/mol. The molecule has 1 aromatic carbocycles. The van der Waals surface area contributed by atoms with E-state index in [0.29, 0.717) is 12.6 Å². The lowest BCUT2D eigenvalue weighted by Crippen LogP contribution is -2.36. The molecule has 0 aromatic heterocycles. The van der Waals surface area contributed by atoms with E-state index in [4.69, 9.17) is 4.74 Å². The van der Waals surface area contributed by atoms with Crippen LogP contribution in [0.1, 0.15) is 5.56 Å². The van der Waals surface area contributed by atoms with Crippen molar-refractivity contribution >= 4 is 6.02 Å². The van der Waals surface area contributed by atoms with Crippen molar-refractivity contribution in [3.8, 4) is 0 Å². The second-order valence-electron chi connectivity index (χ2n) is 4.76. The Morgan fingerprint density at radius 1 is 1.40 bits per heavy atom. The van der Waals surface area contributed by atoms with Gasteiger partial charge in [0.05, 0.1) is 0 Å². The van der Waals surface area contributed by atoms with E-state index < -0.39 is 6.10 Å². The zero-order valence-corrected chi connectivity index (χ0v) is 11.7. The smallest absolute Gasteiger partial charge is 0.292 e. The molecule has 2 N–H and O–H groups in total. The number of nitrogens with one attached hydrogen (secondary N) is 1. The van der Waals surface area contributed by atoms with Gasteiger partial charge in [-0.3, -0.25) is 0 Å². The van der Waals surface area contributed by atoms with E-state index in [1.165, 1.54) is 5.56 Å². The largest absolute Gasteiger partial charge is 0.462 e.